The van der Waals surface area contributed by atoms with Crippen LogP contribution in [0.5, 0.6) is 0 Å². The molecule has 108 valence electrons. The minimum atomic E-state index is 0.140. The maximum absolute atomic E-state index is 6.16. The number of nitrogens with one attached hydrogen (secondary N) is 1. The van der Waals surface area contributed by atoms with Gasteiger partial charge in [-0.1, -0.05) is 18.5 Å². The van der Waals surface area contributed by atoms with Crippen LogP contribution in [0.1, 0.15) is 37.4 Å². The normalized spacial score (nSPS) is 12.6. The van der Waals surface area contributed by atoms with Crippen molar-refractivity contribution in [3.05, 3.63) is 50.3 Å². The van der Waals surface area contributed by atoms with Crippen molar-refractivity contribution in [2.24, 2.45) is 0 Å². The predicted molar refractivity (Wildman–Crippen MR) is 92.2 cm³/mol. The molecule has 1 heterocycles. The summed E-state index contributed by atoms with van der Waals surface area (Å²) in [6, 6.07) is 6.17. The minimum Gasteiger partial charge on any atom is -0.306 e. The molecule has 0 aliphatic carbocycles. The van der Waals surface area contributed by atoms with E-state index in [1.165, 1.54) is 14.7 Å². The van der Waals surface area contributed by atoms with Crippen LogP contribution in [0.4, 0.5) is 0 Å². The van der Waals surface area contributed by atoms with Crippen LogP contribution in [0.3, 0.4) is 0 Å². The van der Waals surface area contributed by atoms with Gasteiger partial charge >= 0.3 is 0 Å². The Labute approximate surface area is 138 Å². The summed E-state index contributed by atoms with van der Waals surface area (Å²) in [7, 11) is 0. The number of rotatable bonds is 6. The molecule has 1 unspecified atom stereocenters. The predicted octanol–water partition coefficient (Wildman–Crippen LogP) is 4.25. The number of benzene rings is 1. The van der Waals surface area contributed by atoms with Crippen molar-refractivity contribution in [1.82, 2.24) is 15.1 Å². The standard InChI is InChI=1S/C15H19ClIN3/c1-3-7-18-15(11-9-19-20(4-2)10-11)13-8-12(16)5-6-14(13)17/h5-6,8-10,15,18H,3-4,7H2,1-2H3. The Kier molecular flexibility index (Phi) is 5.86. The van der Waals surface area contributed by atoms with Crippen molar-refractivity contribution >= 4 is 34.2 Å². The summed E-state index contributed by atoms with van der Waals surface area (Å²) < 4.78 is 3.16. The highest BCUT2D eigenvalue weighted by atomic mass is 127. The molecule has 0 spiro atoms. The van der Waals surface area contributed by atoms with Gasteiger partial charge in [0.2, 0.25) is 0 Å². The first kappa shape index (κ1) is 15.8. The Balaban J connectivity index is 2.38. The highest BCUT2D eigenvalue weighted by molar-refractivity contribution is 14.1. The molecule has 1 atom stereocenters. The molecule has 0 aliphatic heterocycles. The zero-order chi connectivity index (χ0) is 14.5. The zero-order valence-corrected chi connectivity index (χ0v) is 14.6. The second kappa shape index (κ2) is 7.43. The lowest BCUT2D eigenvalue weighted by Crippen LogP contribution is -2.23. The van der Waals surface area contributed by atoms with Gasteiger partial charge in [0.1, 0.15) is 0 Å². The molecule has 0 amide bonds. The van der Waals surface area contributed by atoms with E-state index in [1.807, 2.05) is 23.0 Å². The van der Waals surface area contributed by atoms with Gasteiger partial charge < -0.3 is 5.32 Å². The molecule has 0 saturated carbocycles. The van der Waals surface area contributed by atoms with E-state index >= 15 is 0 Å². The number of aryl methyl sites for hydroxylation is 1. The van der Waals surface area contributed by atoms with Gasteiger partial charge in [-0.3, -0.25) is 4.68 Å². The van der Waals surface area contributed by atoms with E-state index in [2.05, 4.69) is 59.1 Å². The van der Waals surface area contributed by atoms with E-state index < -0.39 is 0 Å². The first-order valence-electron chi connectivity index (χ1n) is 6.86. The Morgan fingerprint density at radius 1 is 1.40 bits per heavy atom. The van der Waals surface area contributed by atoms with Gasteiger partial charge in [-0.05, 0) is 66.2 Å². The van der Waals surface area contributed by atoms with Crippen LogP contribution < -0.4 is 5.32 Å². The number of halogens is 2. The third-order valence-electron chi connectivity index (χ3n) is 3.18. The average molecular weight is 404 g/mol. The molecule has 0 bridgehead atoms. The SMILES string of the molecule is CCCNC(c1cnn(CC)c1)c1cc(Cl)ccc1I. The number of hydrogen-bond donors (Lipinski definition) is 1. The molecule has 0 radical (unpaired) electrons. The summed E-state index contributed by atoms with van der Waals surface area (Å²) in [5, 5.41) is 8.74. The van der Waals surface area contributed by atoms with Gasteiger partial charge in [0.25, 0.3) is 0 Å². The molecule has 3 nitrogen and oxygen atoms in total. The van der Waals surface area contributed by atoms with Crippen LogP contribution in [0.2, 0.25) is 5.02 Å². The zero-order valence-electron chi connectivity index (χ0n) is 11.7. The summed E-state index contributed by atoms with van der Waals surface area (Å²) in [6.07, 6.45) is 5.13. The van der Waals surface area contributed by atoms with Crippen molar-refractivity contribution in [3.63, 3.8) is 0 Å². The molecule has 0 fully saturated rings. The molecule has 0 aliphatic rings. The smallest absolute Gasteiger partial charge is 0.0618 e. The third kappa shape index (κ3) is 3.74. The van der Waals surface area contributed by atoms with Gasteiger partial charge in [-0.2, -0.15) is 5.10 Å². The van der Waals surface area contributed by atoms with Crippen molar-refractivity contribution in [3.8, 4) is 0 Å². The fraction of sp³-hybridized carbons (Fsp3) is 0.400. The number of hydrogen-bond acceptors (Lipinski definition) is 2. The summed E-state index contributed by atoms with van der Waals surface area (Å²) in [5.41, 5.74) is 2.39. The monoisotopic (exact) mass is 403 g/mol. The largest absolute Gasteiger partial charge is 0.306 e. The maximum Gasteiger partial charge on any atom is 0.0618 e. The van der Waals surface area contributed by atoms with Crippen LogP contribution in [-0.4, -0.2) is 16.3 Å². The average Bonchev–Trinajstić information content (AvgIpc) is 2.92. The molecule has 1 aromatic carbocycles. The van der Waals surface area contributed by atoms with Gasteiger partial charge in [0.05, 0.1) is 12.2 Å². The Bertz CT molecular complexity index is 568. The molecule has 5 heteroatoms. The lowest BCUT2D eigenvalue weighted by atomic mass is 10.0. The molecule has 1 aromatic heterocycles. The highest BCUT2D eigenvalue weighted by Crippen LogP contribution is 2.28. The van der Waals surface area contributed by atoms with Crippen LogP contribution in [0.15, 0.2) is 30.6 Å². The second-order valence-corrected chi connectivity index (χ2v) is 6.28. The molecule has 20 heavy (non-hydrogen) atoms. The van der Waals surface area contributed by atoms with Crippen LogP contribution in [0, 0.1) is 3.57 Å². The van der Waals surface area contributed by atoms with E-state index in [0.717, 1.165) is 24.5 Å². The Morgan fingerprint density at radius 2 is 2.20 bits per heavy atom. The van der Waals surface area contributed by atoms with Crippen LogP contribution in [0.25, 0.3) is 0 Å². The van der Waals surface area contributed by atoms with Crippen molar-refractivity contribution in [2.75, 3.05) is 6.54 Å². The van der Waals surface area contributed by atoms with E-state index in [-0.39, 0.29) is 6.04 Å². The molecular weight excluding hydrogens is 385 g/mol. The summed E-state index contributed by atoms with van der Waals surface area (Å²) in [5.74, 6) is 0. The molecular formula is C15H19ClIN3. The summed E-state index contributed by atoms with van der Waals surface area (Å²) >= 11 is 8.52. The first-order valence-corrected chi connectivity index (χ1v) is 8.32. The van der Waals surface area contributed by atoms with Crippen LogP contribution in [-0.2, 0) is 6.54 Å². The maximum atomic E-state index is 6.16. The highest BCUT2D eigenvalue weighted by Gasteiger charge is 2.18. The van der Waals surface area contributed by atoms with E-state index in [4.69, 9.17) is 11.6 Å². The topological polar surface area (TPSA) is 29.9 Å². The van der Waals surface area contributed by atoms with Gasteiger partial charge in [0.15, 0.2) is 0 Å². The molecule has 0 saturated heterocycles. The Morgan fingerprint density at radius 3 is 2.85 bits per heavy atom. The Hall–Kier alpha value is -0.590. The fourth-order valence-corrected chi connectivity index (χ4v) is 2.96. The number of nitrogens with zero attached hydrogens (tertiary/aromatic N) is 2. The van der Waals surface area contributed by atoms with Gasteiger partial charge in [-0.25, -0.2) is 0 Å². The van der Waals surface area contributed by atoms with Crippen molar-refractivity contribution in [2.45, 2.75) is 32.9 Å². The van der Waals surface area contributed by atoms with Gasteiger partial charge in [-0.15, -0.1) is 0 Å². The lowest BCUT2D eigenvalue weighted by Gasteiger charge is -2.19. The third-order valence-corrected chi connectivity index (χ3v) is 4.40. The van der Waals surface area contributed by atoms with Crippen molar-refractivity contribution in [1.29, 1.82) is 0 Å². The lowest BCUT2D eigenvalue weighted by molar-refractivity contribution is 0.594. The van der Waals surface area contributed by atoms with E-state index in [9.17, 15) is 0 Å². The molecule has 2 rings (SSSR count). The minimum absolute atomic E-state index is 0.140. The summed E-state index contributed by atoms with van der Waals surface area (Å²) in [6.45, 7) is 6.11. The van der Waals surface area contributed by atoms with E-state index in [1.54, 1.807) is 0 Å². The van der Waals surface area contributed by atoms with Crippen molar-refractivity contribution < 1.29 is 0 Å². The molecule has 2 aromatic rings. The number of aromatic nitrogens is 2. The second-order valence-electron chi connectivity index (χ2n) is 4.68. The van der Waals surface area contributed by atoms with Gasteiger partial charge in [0, 0.05) is 26.9 Å². The molecule has 1 N–H and O–H groups in total. The first-order chi connectivity index (χ1) is 9.65. The van der Waals surface area contributed by atoms with Crippen LogP contribution >= 0.6 is 34.2 Å². The summed E-state index contributed by atoms with van der Waals surface area (Å²) in [4.78, 5) is 0. The van der Waals surface area contributed by atoms with E-state index in [0.29, 0.717) is 0 Å². The quantitative estimate of drug-likeness (QED) is 0.731. The fourth-order valence-electron chi connectivity index (χ4n) is 2.13.